The van der Waals surface area contributed by atoms with Gasteiger partial charge in [0.25, 0.3) is 0 Å². The maximum Gasteiger partial charge on any atom is 0.167 e. The summed E-state index contributed by atoms with van der Waals surface area (Å²) in [5.74, 6) is -0.140. The van der Waals surface area contributed by atoms with Crippen molar-refractivity contribution in [3.63, 3.8) is 0 Å². The summed E-state index contributed by atoms with van der Waals surface area (Å²) in [6.07, 6.45) is 0. The number of nitrogens with two attached hydrogens (primary N) is 1. The van der Waals surface area contributed by atoms with Gasteiger partial charge in [0.1, 0.15) is 4.99 Å². The first-order valence-corrected chi connectivity index (χ1v) is 6.60. The number of nitrogens with one attached hydrogen (secondary N) is 1. The molecule has 0 unspecified atom stereocenters. The predicted molar refractivity (Wildman–Crippen MR) is 83.2 cm³/mol. The number of benzene rings is 2. The molecule has 0 aliphatic rings. The van der Waals surface area contributed by atoms with Gasteiger partial charge in [0, 0.05) is 23.0 Å². The van der Waals surface area contributed by atoms with Crippen molar-refractivity contribution >= 4 is 28.6 Å². The minimum absolute atomic E-state index is 0.252. The van der Waals surface area contributed by atoms with Crippen LogP contribution in [0, 0.1) is 5.82 Å². The lowest BCUT2D eigenvalue weighted by Crippen LogP contribution is -2.08. The molecule has 2 aromatic carbocycles. The minimum atomic E-state index is -0.392. The Hall–Kier alpha value is -2.14. The summed E-state index contributed by atoms with van der Waals surface area (Å²) < 4.78 is 18.9. The van der Waals surface area contributed by atoms with E-state index in [0.717, 1.165) is 11.3 Å². The zero-order valence-corrected chi connectivity index (χ0v) is 11.8. The Morgan fingerprint density at radius 3 is 2.40 bits per heavy atom. The maximum absolute atomic E-state index is 13.7. The fraction of sp³-hybridized carbons (Fsp3) is 0.133. The van der Waals surface area contributed by atoms with Gasteiger partial charge >= 0.3 is 0 Å². The first-order chi connectivity index (χ1) is 9.60. The Balaban J connectivity index is 2.13. The molecule has 3 N–H and O–H groups in total. The van der Waals surface area contributed by atoms with Crippen LogP contribution < -0.4 is 15.8 Å². The second kappa shape index (κ2) is 6.34. The molecule has 0 aliphatic carbocycles. The van der Waals surface area contributed by atoms with Gasteiger partial charge in [-0.05, 0) is 43.3 Å². The van der Waals surface area contributed by atoms with Crippen molar-refractivity contribution in [1.82, 2.24) is 0 Å². The number of anilines is 2. The SMILES string of the molecule is CCOc1ccc(Nc2ccc(C(N)=S)cc2)cc1F. The summed E-state index contributed by atoms with van der Waals surface area (Å²) >= 11 is 4.89. The lowest BCUT2D eigenvalue weighted by Gasteiger charge is -2.09. The summed E-state index contributed by atoms with van der Waals surface area (Å²) in [6.45, 7) is 2.25. The Bertz CT molecular complexity index is 614. The third-order valence-corrected chi connectivity index (χ3v) is 2.93. The van der Waals surface area contributed by atoms with E-state index in [-0.39, 0.29) is 5.75 Å². The molecule has 0 radical (unpaired) electrons. The highest BCUT2D eigenvalue weighted by Gasteiger charge is 2.04. The summed E-state index contributed by atoms with van der Waals surface area (Å²) in [6, 6.07) is 12.1. The van der Waals surface area contributed by atoms with Crippen LogP contribution in [0.5, 0.6) is 5.75 Å². The lowest BCUT2D eigenvalue weighted by molar-refractivity contribution is 0.321. The highest BCUT2D eigenvalue weighted by Crippen LogP contribution is 2.24. The van der Waals surface area contributed by atoms with Gasteiger partial charge in [0.2, 0.25) is 0 Å². The Labute approximate surface area is 122 Å². The maximum atomic E-state index is 13.7. The van der Waals surface area contributed by atoms with Gasteiger partial charge in [-0.15, -0.1) is 0 Å². The zero-order valence-electron chi connectivity index (χ0n) is 11.0. The van der Waals surface area contributed by atoms with Crippen LogP contribution in [0.1, 0.15) is 12.5 Å². The van der Waals surface area contributed by atoms with Gasteiger partial charge in [0.15, 0.2) is 11.6 Å². The van der Waals surface area contributed by atoms with E-state index in [2.05, 4.69) is 5.32 Å². The molecule has 0 atom stereocenters. The Kier molecular flexibility index (Phi) is 4.53. The van der Waals surface area contributed by atoms with E-state index in [9.17, 15) is 4.39 Å². The Morgan fingerprint density at radius 1 is 1.20 bits per heavy atom. The fourth-order valence-corrected chi connectivity index (χ4v) is 1.87. The molecule has 0 bridgehead atoms. The normalized spacial score (nSPS) is 10.1. The van der Waals surface area contributed by atoms with Crippen molar-refractivity contribution in [2.24, 2.45) is 5.73 Å². The Morgan fingerprint density at radius 2 is 1.85 bits per heavy atom. The van der Waals surface area contributed by atoms with Crippen LogP contribution in [0.4, 0.5) is 15.8 Å². The third-order valence-electron chi connectivity index (χ3n) is 2.69. The van der Waals surface area contributed by atoms with Crippen molar-refractivity contribution in [1.29, 1.82) is 0 Å². The standard InChI is InChI=1S/C15H15FN2OS/c1-2-19-14-8-7-12(9-13(14)16)18-11-5-3-10(4-6-11)15(17)20/h3-9,18H,2H2,1H3,(H2,17,20). The molecular formula is C15H15FN2OS. The van der Waals surface area contributed by atoms with Crippen LogP contribution >= 0.6 is 12.2 Å². The van der Waals surface area contributed by atoms with Gasteiger partial charge < -0.3 is 15.8 Å². The van der Waals surface area contributed by atoms with Gasteiger partial charge in [0.05, 0.1) is 6.61 Å². The molecule has 0 aromatic heterocycles. The van der Waals surface area contributed by atoms with Crippen molar-refractivity contribution in [3.05, 3.63) is 53.8 Å². The fourth-order valence-electron chi connectivity index (χ4n) is 1.74. The van der Waals surface area contributed by atoms with E-state index in [1.165, 1.54) is 6.07 Å². The average molecular weight is 290 g/mol. The van der Waals surface area contributed by atoms with Gasteiger partial charge in [-0.25, -0.2) is 4.39 Å². The van der Waals surface area contributed by atoms with Crippen LogP contribution in [0.15, 0.2) is 42.5 Å². The zero-order chi connectivity index (χ0) is 14.5. The molecule has 0 heterocycles. The van der Waals surface area contributed by atoms with E-state index < -0.39 is 5.82 Å². The van der Waals surface area contributed by atoms with Crippen molar-refractivity contribution < 1.29 is 9.13 Å². The number of halogens is 1. The summed E-state index contributed by atoms with van der Waals surface area (Å²) in [7, 11) is 0. The monoisotopic (exact) mass is 290 g/mol. The average Bonchev–Trinajstić information content (AvgIpc) is 2.42. The van der Waals surface area contributed by atoms with Crippen LogP contribution in [-0.4, -0.2) is 11.6 Å². The van der Waals surface area contributed by atoms with E-state index in [0.29, 0.717) is 17.3 Å². The summed E-state index contributed by atoms with van der Waals surface area (Å²) in [4.78, 5) is 0.351. The number of hydrogen-bond acceptors (Lipinski definition) is 3. The molecule has 2 rings (SSSR count). The van der Waals surface area contributed by atoms with Crippen LogP contribution in [0.2, 0.25) is 0 Å². The predicted octanol–water partition coefficient (Wildman–Crippen LogP) is 3.60. The molecule has 3 nitrogen and oxygen atoms in total. The molecule has 0 fully saturated rings. The molecule has 0 saturated carbocycles. The second-order valence-electron chi connectivity index (χ2n) is 4.14. The van der Waals surface area contributed by atoms with Gasteiger partial charge in [-0.3, -0.25) is 0 Å². The van der Waals surface area contributed by atoms with Crippen molar-refractivity contribution in [2.45, 2.75) is 6.92 Å². The molecule has 0 saturated heterocycles. The van der Waals surface area contributed by atoms with E-state index in [1.54, 1.807) is 12.1 Å². The van der Waals surface area contributed by atoms with Crippen LogP contribution in [0.3, 0.4) is 0 Å². The van der Waals surface area contributed by atoms with Crippen molar-refractivity contribution in [2.75, 3.05) is 11.9 Å². The van der Waals surface area contributed by atoms with Gasteiger partial charge in [-0.2, -0.15) is 0 Å². The first kappa shape index (κ1) is 14.3. The summed E-state index contributed by atoms with van der Waals surface area (Å²) in [5, 5.41) is 3.10. The number of ether oxygens (including phenoxy) is 1. The summed E-state index contributed by atoms with van der Waals surface area (Å²) in [5.41, 5.74) is 7.80. The molecule has 0 aliphatic heterocycles. The quantitative estimate of drug-likeness (QED) is 0.826. The van der Waals surface area contributed by atoms with Gasteiger partial charge in [-0.1, -0.05) is 12.2 Å². The third kappa shape index (κ3) is 3.45. The molecule has 5 heteroatoms. The molecule has 0 spiro atoms. The lowest BCUT2D eigenvalue weighted by atomic mass is 10.2. The molecule has 0 amide bonds. The van der Waals surface area contributed by atoms with Crippen molar-refractivity contribution in [3.8, 4) is 5.75 Å². The van der Waals surface area contributed by atoms with Crippen LogP contribution in [-0.2, 0) is 0 Å². The van der Waals surface area contributed by atoms with E-state index in [4.69, 9.17) is 22.7 Å². The number of hydrogen-bond donors (Lipinski definition) is 2. The minimum Gasteiger partial charge on any atom is -0.491 e. The molecule has 104 valence electrons. The molecule has 2 aromatic rings. The highest BCUT2D eigenvalue weighted by atomic mass is 32.1. The molecule has 20 heavy (non-hydrogen) atoms. The smallest absolute Gasteiger partial charge is 0.167 e. The molecular weight excluding hydrogens is 275 g/mol. The topological polar surface area (TPSA) is 47.3 Å². The second-order valence-corrected chi connectivity index (χ2v) is 4.58. The number of rotatable bonds is 5. The first-order valence-electron chi connectivity index (χ1n) is 6.19. The number of thiocarbonyl (C=S) groups is 1. The van der Waals surface area contributed by atoms with Crippen LogP contribution in [0.25, 0.3) is 0 Å². The highest BCUT2D eigenvalue weighted by molar-refractivity contribution is 7.80. The largest absolute Gasteiger partial charge is 0.491 e. The van der Waals surface area contributed by atoms with E-state index in [1.807, 2.05) is 31.2 Å². The van der Waals surface area contributed by atoms with E-state index >= 15 is 0 Å².